The van der Waals surface area contributed by atoms with Crippen molar-refractivity contribution in [2.75, 3.05) is 32.6 Å². The maximum Gasteiger partial charge on any atom is 0.211 e. The number of sulfonamides is 1. The van der Waals surface area contributed by atoms with Crippen molar-refractivity contribution in [1.29, 1.82) is 0 Å². The summed E-state index contributed by atoms with van der Waals surface area (Å²) in [4.78, 5) is 0. The van der Waals surface area contributed by atoms with Gasteiger partial charge in [-0.1, -0.05) is 0 Å². The normalized spacial score (nSPS) is 15.8. The van der Waals surface area contributed by atoms with E-state index >= 15 is 0 Å². The van der Waals surface area contributed by atoms with Crippen LogP contribution in [0, 0.1) is 0 Å². The van der Waals surface area contributed by atoms with E-state index < -0.39 is 10.0 Å². The number of ether oxygens (including phenoxy) is 1. The fourth-order valence-electron chi connectivity index (χ4n) is 1.86. The molecule has 0 spiro atoms. The van der Waals surface area contributed by atoms with Gasteiger partial charge in [-0.2, -0.15) is 0 Å². The third-order valence-corrected chi connectivity index (χ3v) is 4.67. The Balaban J connectivity index is 1.90. The zero-order valence-corrected chi connectivity index (χ0v) is 12.8. The average molecular weight is 292 g/mol. The highest BCUT2D eigenvalue weighted by Crippen LogP contribution is 2.18. The summed E-state index contributed by atoms with van der Waals surface area (Å²) in [6.07, 6.45) is 7.11. The van der Waals surface area contributed by atoms with E-state index in [9.17, 15) is 8.42 Å². The maximum absolute atomic E-state index is 11.7. The van der Waals surface area contributed by atoms with Crippen molar-refractivity contribution < 1.29 is 13.2 Å². The first-order chi connectivity index (χ1) is 9.14. The number of hydrogen-bond acceptors (Lipinski definition) is 4. The molecule has 0 heterocycles. The van der Waals surface area contributed by atoms with Gasteiger partial charge in [-0.15, -0.1) is 0 Å². The molecule has 1 aliphatic carbocycles. The Morgan fingerprint density at radius 2 is 1.79 bits per heavy atom. The Kier molecular flexibility index (Phi) is 8.61. The monoisotopic (exact) mass is 292 g/mol. The second-order valence-corrected chi connectivity index (χ2v) is 7.13. The molecule has 0 atom stereocenters. The molecule has 2 N–H and O–H groups in total. The van der Waals surface area contributed by atoms with E-state index in [1.807, 2.05) is 0 Å². The summed E-state index contributed by atoms with van der Waals surface area (Å²) in [7, 11) is -1.39. The first kappa shape index (κ1) is 16.9. The zero-order valence-electron chi connectivity index (χ0n) is 12.0. The predicted octanol–water partition coefficient (Wildman–Crippen LogP) is 1.25. The van der Waals surface area contributed by atoms with Crippen molar-refractivity contribution in [3.05, 3.63) is 0 Å². The number of rotatable bonds is 13. The molecule has 0 aromatic carbocycles. The summed E-state index contributed by atoms with van der Waals surface area (Å²) in [5.41, 5.74) is 0. The van der Waals surface area contributed by atoms with Gasteiger partial charge in [-0.25, -0.2) is 13.1 Å². The van der Waals surface area contributed by atoms with Gasteiger partial charge in [0.15, 0.2) is 0 Å². The summed E-state index contributed by atoms with van der Waals surface area (Å²) < 4.78 is 30.9. The van der Waals surface area contributed by atoms with Crippen LogP contribution < -0.4 is 10.0 Å². The highest BCUT2D eigenvalue weighted by molar-refractivity contribution is 7.89. The molecule has 19 heavy (non-hydrogen) atoms. The van der Waals surface area contributed by atoms with E-state index in [-0.39, 0.29) is 5.75 Å². The summed E-state index contributed by atoms with van der Waals surface area (Å²) in [5, 5.41) is 3.39. The fourth-order valence-corrected chi connectivity index (χ4v) is 3.04. The number of nitrogens with one attached hydrogen (secondary N) is 2. The molecule has 0 radical (unpaired) electrons. The van der Waals surface area contributed by atoms with Crippen LogP contribution in [-0.4, -0.2) is 47.0 Å². The first-order valence-electron chi connectivity index (χ1n) is 7.34. The summed E-state index contributed by atoms with van der Waals surface area (Å²) in [6, 6.07) is 0.710. The average Bonchev–Trinajstić information content (AvgIpc) is 3.17. The minimum absolute atomic E-state index is 0.247. The standard InChI is InChI=1S/C13H28N2O3S/c1-18-11-5-2-3-10-15-19(16,17)12-6-4-9-14-13-7-8-13/h13-15H,2-12H2,1H3. The smallest absolute Gasteiger partial charge is 0.211 e. The predicted molar refractivity (Wildman–Crippen MR) is 77.8 cm³/mol. The molecule has 0 aromatic rings. The third-order valence-electron chi connectivity index (χ3n) is 3.20. The van der Waals surface area contributed by atoms with Gasteiger partial charge in [-0.05, 0) is 51.5 Å². The van der Waals surface area contributed by atoms with E-state index in [2.05, 4.69) is 10.0 Å². The second kappa shape index (κ2) is 9.69. The zero-order chi connectivity index (χ0) is 14.0. The molecule has 1 fully saturated rings. The van der Waals surface area contributed by atoms with E-state index in [4.69, 9.17) is 4.74 Å². The van der Waals surface area contributed by atoms with E-state index in [1.165, 1.54) is 12.8 Å². The lowest BCUT2D eigenvalue weighted by molar-refractivity contribution is 0.192. The Hall–Kier alpha value is -0.170. The van der Waals surface area contributed by atoms with Crippen LogP contribution in [0.3, 0.4) is 0 Å². The summed E-state index contributed by atoms with van der Waals surface area (Å²) in [6.45, 7) is 2.24. The van der Waals surface area contributed by atoms with Crippen molar-refractivity contribution in [1.82, 2.24) is 10.0 Å². The number of methoxy groups -OCH3 is 1. The van der Waals surface area contributed by atoms with Gasteiger partial charge in [0.25, 0.3) is 0 Å². The molecule has 0 saturated heterocycles. The molecule has 1 rings (SSSR count). The van der Waals surface area contributed by atoms with Crippen molar-refractivity contribution in [3.63, 3.8) is 0 Å². The van der Waals surface area contributed by atoms with Crippen molar-refractivity contribution in [2.24, 2.45) is 0 Å². The van der Waals surface area contributed by atoms with Gasteiger partial charge in [-0.3, -0.25) is 0 Å². The van der Waals surface area contributed by atoms with Gasteiger partial charge < -0.3 is 10.1 Å². The Bertz CT molecular complexity index is 316. The van der Waals surface area contributed by atoms with Crippen molar-refractivity contribution >= 4 is 10.0 Å². The van der Waals surface area contributed by atoms with Gasteiger partial charge >= 0.3 is 0 Å². The van der Waals surface area contributed by atoms with Crippen LogP contribution in [0.4, 0.5) is 0 Å². The highest BCUT2D eigenvalue weighted by atomic mass is 32.2. The molecule has 0 aliphatic heterocycles. The van der Waals surface area contributed by atoms with Crippen LogP contribution in [-0.2, 0) is 14.8 Å². The Labute approximate surface area is 117 Å². The fraction of sp³-hybridized carbons (Fsp3) is 1.00. The molecular formula is C13H28N2O3S. The van der Waals surface area contributed by atoms with Crippen LogP contribution in [0.1, 0.15) is 44.9 Å². The van der Waals surface area contributed by atoms with E-state index in [0.29, 0.717) is 12.6 Å². The topological polar surface area (TPSA) is 67.4 Å². The lowest BCUT2D eigenvalue weighted by Gasteiger charge is -2.07. The molecule has 1 saturated carbocycles. The summed E-state index contributed by atoms with van der Waals surface area (Å²) in [5.74, 6) is 0.247. The van der Waals surface area contributed by atoms with Crippen LogP contribution >= 0.6 is 0 Å². The first-order valence-corrected chi connectivity index (χ1v) is 8.99. The van der Waals surface area contributed by atoms with Crippen molar-refractivity contribution in [3.8, 4) is 0 Å². The maximum atomic E-state index is 11.7. The number of unbranched alkanes of at least 4 members (excludes halogenated alkanes) is 3. The molecule has 0 amide bonds. The van der Waals surface area contributed by atoms with Crippen LogP contribution in [0.2, 0.25) is 0 Å². The lowest BCUT2D eigenvalue weighted by Crippen LogP contribution is -2.28. The molecule has 0 bridgehead atoms. The highest BCUT2D eigenvalue weighted by Gasteiger charge is 2.19. The Morgan fingerprint density at radius 3 is 2.47 bits per heavy atom. The minimum Gasteiger partial charge on any atom is -0.385 e. The quantitative estimate of drug-likeness (QED) is 0.501. The van der Waals surface area contributed by atoms with Gasteiger partial charge in [0.1, 0.15) is 0 Å². The van der Waals surface area contributed by atoms with Crippen LogP contribution in [0.15, 0.2) is 0 Å². The van der Waals surface area contributed by atoms with Gasteiger partial charge in [0.2, 0.25) is 10.0 Å². The largest absolute Gasteiger partial charge is 0.385 e. The SMILES string of the molecule is COCCCCCNS(=O)(=O)CCCCNC1CC1. The molecular weight excluding hydrogens is 264 g/mol. The van der Waals surface area contributed by atoms with E-state index in [1.54, 1.807) is 7.11 Å². The molecule has 0 aromatic heterocycles. The van der Waals surface area contributed by atoms with Gasteiger partial charge in [0.05, 0.1) is 5.75 Å². The van der Waals surface area contributed by atoms with Crippen molar-refractivity contribution in [2.45, 2.75) is 51.0 Å². The van der Waals surface area contributed by atoms with Crippen LogP contribution in [0.5, 0.6) is 0 Å². The Morgan fingerprint density at radius 1 is 1.05 bits per heavy atom. The third kappa shape index (κ3) is 10.3. The van der Waals surface area contributed by atoms with Crippen LogP contribution in [0.25, 0.3) is 0 Å². The summed E-state index contributed by atoms with van der Waals surface area (Å²) >= 11 is 0. The van der Waals surface area contributed by atoms with E-state index in [0.717, 1.165) is 45.3 Å². The lowest BCUT2D eigenvalue weighted by atomic mass is 10.2. The molecule has 5 nitrogen and oxygen atoms in total. The number of hydrogen-bond donors (Lipinski definition) is 2. The molecule has 114 valence electrons. The second-order valence-electron chi connectivity index (χ2n) is 5.20. The molecule has 1 aliphatic rings. The molecule has 0 unspecified atom stereocenters. The minimum atomic E-state index is -3.07. The van der Waals surface area contributed by atoms with Gasteiger partial charge in [0, 0.05) is 26.3 Å². The molecule has 6 heteroatoms.